The van der Waals surface area contributed by atoms with Crippen molar-refractivity contribution in [3.05, 3.63) is 65.0 Å². The Morgan fingerprint density at radius 1 is 1.21 bits per heavy atom. The first-order chi connectivity index (χ1) is 13.3. The van der Waals surface area contributed by atoms with E-state index in [0.29, 0.717) is 11.7 Å². The fourth-order valence-corrected chi connectivity index (χ4v) is 3.92. The molecule has 146 valence electrons. The Kier molecular flexibility index (Phi) is 6.08. The average Bonchev–Trinajstić information content (AvgIpc) is 3.08. The second kappa shape index (κ2) is 8.52. The summed E-state index contributed by atoms with van der Waals surface area (Å²) in [5, 5.41) is 12.1. The van der Waals surface area contributed by atoms with Gasteiger partial charge < -0.3 is 4.90 Å². The molecule has 8 heteroatoms. The van der Waals surface area contributed by atoms with Crippen LogP contribution < -0.4 is 0 Å². The molecule has 0 unspecified atom stereocenters. The van der Waals surface area contributed by atoms with E-state index in [1.54, 1.807) is 28.8 Å². The van der Waals surface area contributed by atoms with Crippen molar-refractivity contribution in [1.82, 2.24) is 25.1 Å². The van der Waals surface area contributed by atoms with Crippen LogP contribution in [-0.2, 0) is 11.3 Å². The maximum Gasteiger partial charge on any atom is 0.235 e. The van der Waals surface area contributed by atoms with E-state index < -0.39 is 5.25 Å². The average molecular weight is 399 g/mol. The number of benzene rings is 2. The number of halogens is 1. The Bertz CT molecular complexity index is 970. The minimum Gasteiger partial charge on any atom is -0.340 e. The van der Waals surface area contributed by atoms with Gasteiger partial charge in [0.25, 0.3) is 0 Å². The Morgan fingerprint density at radius 2 is 1.93 bits per heavy atom. The Hall–Kier alpha value is -2.74. The van der Waals surface area contributed by atoms with Gasteiger partial charge in [-0.3, -0.25) is 4.79 Å². The van der Waals surface area contributed by atoms with Gasteiger partial charge in [-0.25, -0.2) is 4.39 Å². The highest BCUT2D eigenvalue weighted by molar-refractivity contribution is 8.00. The van der Waals surface area contributed by atoms with E-state index in [1.165, 1.54) is 23.9 Å². The van der Waals surface area contributed by atoms with E-state index in [9.17, 15) is 9.18 Å². The molecule has 3 aromatic rings. The predicted octanol–water partition coefficient (Wildman–Crippen LogP) is 3.56. The molecule has 1 heterocycles. The number of thioether (sulfide) groups is 1. The summed E-state index contributed by atoms with van der Waals surface area (Å²) in [7, 11) is 1.71. The van der Waals surface area contributed by atoms with Gasteiger partial charge in [-0.05, 0) is 72.2 Å². The number of hydrogen-bond donors (Lipinski definition) is 0. The van der Waals surface area contributed by atoms with E-state index >= 15 is 0 Å². The number of rotatable bonds is 6. The molecule has 0 aliphatic heterocycles. The molecule has 2 aromatic carbocycles. The first kappa shape index (κ1) is 20.0. The highest BCUT2D eigenvalue weighted by Crippen LogP contribution is 2.25. The summed E-state index contributed by atoms with van der Waals surface area (Å²) in [6.07, 6.45) is 0. The number of tetrazole rings is 1. The SMILES string of the molecule is Cc1cc(C)cc(-n2nnnc2S[C@H](C)C(=O)N(C)Cc2cccc(F)c2)c1. The van der Waals surface area contributed by atoms with Crippen molar-refractivity contribution in [2.45, 2.75) is 37.7 Å². The van der Waals surface area contributed by atoms with Crippen molar-refractivity contribution in [3.63, 3.8) is 0 Å². The summed E-state index contributed by atoms with van der Waals surface area (Å²) in [5.41, 5.74) is 3.83. The molecular weight excluding hydrogens is 377 g/mol. The lowest BCUT2D eigenvalue weighted by molar-refractivity contribution is -0.129. The highest BCUT2D eigenvalue weighted by Gasteiger charge is 2.22. The molecule has 28 heavy (non-hydrogen) atoms. The van der Waals surface area contributed by atoms with Gasteiger partial charge >= 0.3 is 0 Å². The molecule has 0 aliphatic rings. The molecule has 0 aliphatic carbocycles. The maximum atomic E-state index is 13.4. The third-order valence-corrected chi connectivity index (χ3v) is 5.23. The van der Waals surface area contributed by atoms with Crippen LogP contribution in [0.1, 0.15) is 23.6 Å². The van der Waals surface area contributed by atoms with Crippen LogP contribution in [0.15, 0.2) is 47.6 Å². The normalized spacial score (nSPS) is 12.0. The molecule has 1 amide bonds. The predicted molar refractivity (Wildman–Crippen MR) is 107 cm³/mol. The Labute approximate surface area is 167 Å². The molecular formula is C20H22FN5OS. The second-order valence-electron chi connectivity index (χ2n) is 6.80. The molecule has 0 N–H and O–H groups in total. The monoisotopic (exact) mass is 399 g/mol. The molecule has 1 aromatic heterocycles. The van der Waals surface area contributed by atoms with Crippen molar-refractivity contribution < 1.29 is 9.18 Å². The summed E-state index contributed by atoms with van der Waals surface area (Å²) in [4.78, 5) is 14.3. The number of aromatic nitrogens is 4. The zero-order valence-electron chi connectivity index (χ0n) is 16.3. The number of aryl methyl sites for hydroxylation is 2. The Morgan fingerprint density at radius 3 is 2.61 bits per heavy atom. The van der Waals surface area contributed by atoms with Crippen molar-refractivity contribution >= 4 is 17.7 Å². The molecule has 0 radical (unpaired) electrons. The minimum atomic E-state index is -0.394. The fraction of sp³-hybridized carbons (Fsp3) is 0.300. The zero-order valence-corrected chi connectivity index (χ0v) is 17.1. The molecule has 0 fully saturated rings. The number of amides is 1. The molecule has 1 atom stereocenters. The van der Waals surface area contributed by atoms with Crippen LogP contribution in [0.2, 0.25) is 0 Å². The van der Waals surface area contributed by atoms with Crippen LogP contribution in [0.25, 0.3) is 5.69 Å². The molecule has 0 bridgehead atoms. The van der Waals surface area contributed by atoms with Crippen molar-refractivity contribution in [2.24, 2.45) is 0 Å². The Balaban J connectivity index is 1.72. The van der Waals surface area contributed by atoms with Gasteiger partial charge in [0.15, 0.2) is 0 Å². The minimum absolute atomic E-state index is 0.0794. The lowest BCUT2D eigenvalue weighted by atomic mass is 10.1. The van der Waals surface area contributed by atoms with Crippen LogP contribution >= 0.6 is 11.8 Å². The number of hydrogen-bond acceptors (Lipinski definition) is 5. The summed E-state index contributed by atoms with van der Waals surface area (Å²) >= 11 is 1.30. The van der Waals surface area contributed by atoms with Crippen LogP contribution in [0.5, 0.6) is 0 Å². The molecule has 0 saturated carbocycles. The first-order valence-electron chi connectivity index (χ1n) is 8.86. The van der Waals surface area contributed by atoms with Crippen LogP contribution in [0, 0.1) is 19.7 Å². The fourth-order valence-electron chi connectivity index (χ4n) is 2.99. The standard InChI is InChI=1S/C20H22FN5OS/c1-13-8-14(2)10-18(9-13)26-20(22-23-24-26)28-15(3)19(27)25(4)12-16-6-5-7-17(21)11-16/h5-11,15H,12H2,1-4H3/t15-/m1/s1. The van der Waals surface area contributed by atoms with Gasteiger partial charge in [0, 0.05) is 13.6 Å². The van der Waals surface area contributed by atoms with Gasteiger partial charge in [0.05, 0.1) is 10.9 Å². The number of carbonyl (C=O) groups is 1. The van der Waals surface area contributed by atoms with E-state index in [2.05, 4.69) is 21.6 Å². The second-order valence-corrected chi connectivity index (χ2v) is 8.11. The smallest absolute Gasteiger partial charge is 0.235 e. The van der Waals surface area contributed by atoms with Gasteiger partial charge in [-0.1, -0.05) is 30.0 Å². The number of nitrogens with zero attached hydrogens (tertiary/aromatic N) is 5. The van der Waals surface area contributed by atoms with Crippen LogP contribution in [-0.4, -0.2) is 43.3 Å². The van der Waals surface area contributed by atoms with Gasteiger partial charge in [0.2, 0.25) is 11.1 Å². The summed E-state index contributed by atoms with van der Waals surface area (Å²) < 4.78 is 15.0. The third kappa shape index (κ3) is 4.75. The largest absolute Gasteiger partial charge is 0.340 e. The molecule has 0 saturated heterocycles. The summed E-state index contributed by atoms with van der Waals surface area (Å²) in [6.45, 7) is 6.18. The van der Waals surface area contributed by atoms with Crippen LogP contribution in [0.3, 0.4) is 0 Å². The van der Waals surface area contributed by atoms with Gasteiger partial charge in [-0.15, -0.1) is 5.10 Å². The lowest BCUT2D eigenvalue weighted by Crippen LogP contribution is -2.33. The first-order valence-corrected chi connectivity index (χ1v) is 9.74. The maximum absolute atomic E-state index is 13.4. The highest BCUT2D eigenvalue weighted by atomic mass is 32.2. The summed E-state index contributed by atoms with van der Waals surface area (Å²) in [5.74, 6) is -0.391. The van der Waals surface area contributed by atoms with Crippen LogP contribution in [0.4, 0.5) is 4.39 Å². The molecule has 3 rings (SSSR count). The lowest BCUT2D eigenvalue weighted by Gasteiger charge is -2.21. The van der Waals surface area contributed by atoms with Crippen molar-refractivity contribution in [3.8, 4) is 5.69 Å². The van der Waals surface area contributed by atoms with Gasteiger partial charge in [0.1, 0.15) is 5.82 Å². The van der Waals surface area contributed by atoms with E-state index in [-0.39, 0.29) is 11.7 Å². The quantitative estimate of drug-likeness (QED) is 0.593. The topological polar surface area (TPSA) is 63.9 Å². The van der Waals surface area contributed by atoms with E-state index in [1.807, 2.05) is 32.9 Å². The third-order valence-electron chi connectivity index (χ3n) is 4.21. The van der Waals surface area contributed by atoms with E-state index in [4.69, 9.17) is 0 Å². The molecule has 0 spiro atoms. The number of carbonyl (C=O) groups excluding carboxylic acids is 1. The van der Waals surface area contributed by atoms with E-state index in [0.717, 1.165) is 22.4 Å². The summed E-state index contributed by atoms with van der Waals surface area (Å²) in [6, 6.07) is 12.3. The molecule has 6 nitrogen and oxygen atoms in total. The van der Waals surface area contributed by atoms with Gasteiger partial charge in [-0.2, -0.15) is 4.68 Å². The zero-order chi connectivity index (χ0) is 20.3. The van der Waals surface area contributed by atoms with Crippen molar-refractivity contribution in [1.29, 1.82) is 0 Å². The van der Waals surface area contributed by atoms with Crippen molar-refractivity contribution in [2.75, 3.05) is 7.05 Å².